The minimum absolute atomic E-state index is 0.000988. The fraction of sp³-hybridized carbons (Fsp3) is 0.409. The van der Waals surface area contributed by atoms with E-state index in [1.165, 1.54) is 36.6 Å². The van der Waals surface area contributed by atoms with E-state index < -0.39 is 0 Å². The monoisotopic (exact) mass is 411 g/mol. The third kappa shape index (κ3) is 3.55. The summed E-state index contributed by atoms with van der Waals surface area (Å²) >= 11 is 6.83. The van der Waals surface area contributed by atoms with Gasteiger partial charge in [0.1, 0.15) is 10.1 Å². The highest BCUT2D eigenvalue weighted by atomic mass is 32.2. The maximum Gasteiger partial charge on any atom is 0.266 e. The van der Waals surface area contributed by atoms with Gasteiger partial charge in [-0.15, -0.1) is 0 Å². The van der Waals surface area contributed by atoms with E-state index in [1.807, 2.05) is 19.9 Å². The Balaban J connectivity index is 1.83. The van der Waals surface area contributed by atoms with Crippen LogP contribution < -0.4 is 4.90 Å². The molecule has 1 aromatic carbocycles. The van der Waals surface area contributed by atoms with Crippen LogP contribution in [-0.4, -0.2) is 39.2 Å². The first-order valence-corrected chi connectivity index (χ1v) is 11.1. The summed E-state index contributed by atoms with van der Waals surface area (Å²) in [5.41, 5.74) is 3.22. The first-order valence-electron chi connectivity index (χ1n) is 9.88. The van der Waals surface area contributed by atoms with Crippen molar-refractivity contribution in [2.75, 3.05) is 18.0 Å². The van der Waals surface area contributed by atoms with Crippen molar-refractivity contribution in [1.82, 2.24) is 9.88 Å². The average Bonchev–Trinajstić information content (AvgIpc) is 2.95. The van der Waals surface area contributed by atoms with Crippen LogP contribution in [-0.2, 0) is 4.79 Å². The standard InChI is InChI=1S/C22H25N3OS2/c1-14(2)25-21(26)18(28-22(25)27)13-17-12-16-9-7-8-15(3)19(16)23-20(17)24-10-5-4-6-11-24/h7-9,12-14H,4-6,10-11H2,1-3H3/b18-13-. The lowest BCUT2D eigenvalue weighted by Crippen LogP contribution is -2.34. The number of aryl methyl sites for hydroxylation is 1. The molecule has 146 valence electrons. The van der Waals surface area contributed by atoms with E-state index in [4.69, 9.17) is 17.2 Å². The van der Waals surface area contributed by atoms with Gasteiger partial charge in [-0.25, -0.2) is 4.98 Å². The number of fused-ring (bicyclic) bond motifs is 1. The Morgan fingerprint density at radius 3 is 2.64 bits per heavy atom. The highest BCUT2D eigenvalue weighted by Crippen LogP contribution is 2.36. The zero-order valence-electron chi connectivity index (χ0n) is 16.6. The normalized spacial score (nSPS) is 19.5. The molecule has 0 atom stereocenters. The molecule has 0 unspecified atom stereocenters. The number of nitrogens with zero attached hydrogens (tertiary/aromatic N) is 3. The number of benzene rings is 1. The van der Waals surface area contributed by atoms with E-state index in [0.717, 1.165) is 35.4 Å². The summed E-state index contributed by atoms with van der Waals surface area (Å²) in [7, 11) is 0. The summed E-state index contributed by atoms with van der Waals surface area (Å²) in [6.07, 6.45) is 5.62. The molecule has 3 heterocycles. The van der Waals surface area contributed by atoms with Gasteiger partial charge in [0.25, 0.3) is 5.91 Å². The number of anilines is 1. The lowest BCUT2D eigenvalue weighted by atomic mass is 10.1. The second-order valence-corrected chi connectivity index (χ2v) is 9.42. The summed E-state index contributed by atoms with van der Waals surface area (Å²) in [5.74, 6) is 0.982. The molecule has 28 heavy (non-hydrogen) atoms. The molecule has 2 fully saturated rings. The van der Waals surface area contributed by atoms with Gasteiger partial charge in [-0.05, 0) is 57.7 Å². The van der Waals surface area contributed by atoms with E-state index >= 15 is 0 Å². The van der Waals surface area contributed by atoms with Crippen molar-refractivity contribution in [3.8, 4) is 0 Å². The summed E-state index contributed by atoms with van der Waals surface area (Å²) in [6.45, 7) is 8.11. The number of aromatic nitrogens is 1. The predicted octanol–water partition coefficient (Wildman–Crippen LogP) is 5.14. The number of rotatable bonds is 3. The molecule has 2 aromatic rings. The number of pyridine rings is 1. The van der Waals surface area contributed by atoms with Gasteiger partial charge in [-0.1, -0.05) is 42.2 Å². The first kappa shape index (κ1) is 19.4. The van der Waals surface area contributed by atoms with Crippen LogP contribution in [0.15, 0.2) is 29.2 Å². The van der Waals surface area contributed by atoms with Gasteiger partial charge in [0.05, 0.1) is 10.4 Å². The second-order valence-electron chi connectivity index (χ2n) is 7.74. The van der Waals surface area contributed by atoms with E-state index in [2.05, 4.69) is 36.1 Å². The van der Waals surface area contributed by atoms with Gasteiger partial charge in [-0.3, -0.25) is 9.69 Å². The van der Waals surface area contributed by atoms with Crippen LogP contribution in [0.2, 0.25) is 0 Å². The number of para-hydroxylation sites is 1. The fourth-order valence-electron chi connectivity index (χ4n) is 3.88. The van der Waals surface area contributed by atoms with Gasteiger partial charge in [0, 0.05) is 30.1 Å². The molecule has 0 aliphatic carbocycles. The fourth-order valence-corrected chi connectivity index (χ4v) is 5.40. The lowest BCUT2D eigenvalue weighted by molar-refractivity contribution is -0.123. The quantitative estimate of drug-likeness (QED) is 0.516. The minimum Gasteiger partial charge on any atom is -0.356 e. The Kier molecular flexibility index (Phi) is 5.43. The van der Waals surface area contributed by atoms with Crippen molar-refractivity contribution in [2.45, 2.75) is 46.1 Å². The molecule has 2 aliphatic rings. The Morgan fingerprint density at radius 1 is 1.21 bits per heavy atom. The Hall–Kier alpha value is -1.92. The van der Waals surface area contributed by atoms with Gasteiger partial charge < -0.3 is 4.90 Å². The van der Waals surface area contributed by atoms with E-state index in [1.54, 1.807) is 4.90 Å². The van der Waals surface area contributed by atoms with Crippen molar-refractivity contribution in [3.63, 3.8) is 0 Å². The smallest absolute Gasteiger partial charge is 0.266 e. The van der Waals surface area contributed by atoms with Crippen LogP contribution in [0.3, 0.4) is 0 Å². The molecule has 1 aromatic heterocycles. The van der Waals surface area contributed by atoms with E-state index in [9.17, 15) is 4.79 Å². The number of hydrogen-bond donors (Lipinski definition) is 0. The molecule has 0 radical (unpaired) electrons. The zero-order chi connectivity index (χ0) is 19.8. The number of thioether (sulfide) groups is 1. The molecule has 4 nitrogen and oxygen atoms in total. The number of thiocarbonyl (C=S) groups is 1. The summed E-state index contributed by atoms with van der Waals surface area (Å²) in [6, 6.07) is 8.48. The highest BCUT2D eigenvalue weighted by molar-refractivity contribution is 8.26. The average molecular weight is 412 g/mol. The van der Waals surface area contributed by atoms with Crippen LogP contribution >= 0.6 is 24.0 Å². The summed E-state index contributed by atoms with van der Waals surface area (Å²) < 4.78 is 0.635. The molecule has 4 rings (SSSR count). The van der Waals surface area contributed by atoms with Crippen molar-refractivity contribution in [2.24, 2.45) is 0 Å². The van der Waals surface area contributed by atoms with Crippen molar-refractivity contribution < 1.29 is 4.79 Å². The Labute approximate surface area is 176 Å². The van der Waals surface area contributed by atoms with Crippen molar-refractivity contribution in [1.29, 1.82) is 0 Å². The number of carbonyl (C=O) groups is 1. The van der Waals surface area contributed by atoms with Crippen LogP contribution in [0, 0.1) is 6.92 Å². The van der Waals surface area contributed by atoms with Crippen LogP contribution in [0.1, 0.15) is 44.2 Å². The second kappa shape index (κ2) is 7.84. The van der Waals surface area contributed by atoms with Crippen molar-refractivity contribution in [3.05, 3.63) is 40.3 Å². The number of carbonyl (C=O) groups excluding carboxylic acids is 1. The minimum atomic E-state index is -0.000988. The van der Waals surface area contributed by atoms with Gasteiger partial charge >= 0.3 is 0 Å². The molecule has 2 saturated heterocycles. The van der Waals surface area contributed by atoms with Gasteiger partial charge in [0.15, 0.2) is 0 Å². The molecule has 0 saturated carbocycles. The Bertz CT molecular complexity index is 977. The largest absolute Gasteiger partial charge is 0.356 e. The molecular formula is C22H25N3OS2. The highest BCUT2D eigenvalue weighted by Gasteiger charge is 2.34. The molecule has 6 heteroatoms. The SMILES string of the molecule is Cc1cccc2cc(/C=C3\SC(=S)N(C(C)C)C3=O)c(N3CCCCC3)nc12. The number of amides is 1. The molecule has 0 spiro atoms. The van der Waals surface area contributed by atoms with Gasteiger partial charge in [-0.2, -0.15) is 0 Å². The third-order valence-corrected chi connectivity index (χ3v) is 6.67. The molecule has 2 aliphatic heterocycles. The molecular weight excluding hydrogens is 386 g/mol. The number of hydrogen-bond acceptors (Lipinski definition) is 5. The van der Waals surface area contributed by atoms with Crippen molar-refractivity contribution >= 4 is 57.0 Å². The van der Waals surface area contributed by atoms with Crippen LogP contribution in [0.4, 0.5) is 5.82 Å². The van der Waals surface area contributed by atoms with Crippen LogP contribution in [0.25, 0.3) is 17.0 Å². The van der Waals surface area contributed by atoms with Crippen LogP contribution in [0.5, 0.6) is 0 Å². The maximum atomic E-state index is 12.9. The van der Waals surface area contributed by atoms with E-state index in [-0.39, 0.29) is 11.9 Å². The molecule has 0 bridgehead atoms. The lowest BCUT2D eigenvalue weighted by Gasteiger charge is -2.29. The molecule has 0 N–H and O–H groups in total. The molecule has 1 amide bonds. The predicted molar refractivity (Wildman–Crippen MR) is 123 cm³/mol. The third-order valence-electron chi connectivity index (χ3n) is 5.34. The zero-order valence-corrected chi connectivity index (χ0v) is 18.2. The number of piperidine rings is 1. The van der Waals surface area contributed by atoms with Gasteiger partial charge in [0.2, 0.25) is 0 Å². The summed E-state index contributed by atoms with van der Waals surface area (Å²) in [5, 5.41) is 1.10. The maximum absolute atomic E-state index is 12.9. The topological polar surface area (TPSA) is 36.4 Å². The first-order chi connectivity index (χ1) is 13.5. The summed E-state index contributed by atoms with van der Waals surface area (Å²) in [4.78, 5) is 22.7. The van der Waals surface area contributed by atoms with E-state index in [0.29, 0.717) is 9.23 Å². The Morgan fingerprint density at radius 2 is 1.96 bits per heavy atom.